The molecular formula is C23H25N5OS. The first-order chi connectivity index (χ1) is 14.4. The highest BCUT2D eigenvalue weighted by molar-refractivity contribution is 7.80. The van der Waals surface area contributed by atoms with Gasteiger partial charge in [0, 0.05) is 42.9 Å². The summed E-state index contributed by atoms with van der Waals surface area (Å²) in [6, 6.07) is 15.8. The van der Waals surface area contributed by atoms with E-state index in [1.54, 1.807) is 0 Å². The molecule has 1 amide bonds. The lowest BCUT2D eigenvalue weighted by atomic mass is 9.96. The molecular weight excluding hydrogens is 394 g/mol. The van der Waals surface area contributed by atoms with Gasteiger partial charge in [0.1, 0.15) is 0 Å². The molecule has 154 valence electrons. The smallest absolute Gasteiger partial charge is 0.221 e. The SMILES string of the molecule is CC(=O)Nc1ccc(N2C(=S)N[C@@H](c3ccccn3)[C@@H]2c2cc(C)n(C)c2C)cc1. The normalized spacial score (nSPS) is 18.4. The van der Waals surface area contributed by atoms with Crippen molar-refractivity contribution in [2.45, 2.75) is 32.9 Å². The van der Waals surface area contributed by atoms with Gasteiger partial charge in [-0.25, -0.2) is 0 Å². The number of pyridine rings is 1. The van der Waals surface area contributed by atoms with E-state index in [0.29, 0.717) is 5.11 Å². The van der Waals surface area contributed by atoms with Crippen LogP contribution in [0.3, 0.4) is 0 Å². The fourth-order valence-electron chi connectivity index (χ4n) is 4.04. The van der Waals surface area contributed by atoms with Crippen LogP contribution in [0.5, 0.6) is 0 Å². The number of carbonyl (C=O) groups excluding carboxylic acids is 1. The zero-order valence-corrected chi connectivity index (χ0v) is 18.3. The third kappa shape index (κ3) is 3.57. The Morgan fingerprint density at radius 2 is 1.90 bits per heavy atom. The third-order valence-corrected chi connectivity index (χ3v) is 6.01. The summed E-state index contributed by atoms with van der Waals surface area (Å²) in [5, 5.41) is 6.95. The second kappa shape index (κ2) is 7.91. The first kappa shape index (κ1) is 20.1. The summed E-state index contributed by atoms with van der Waals surface area (Å²) in [5.74, 6) is -0.0930. The number of hydrogen-bond donors (Lipinski definition) is 2. The number of rotatable bonds is 4. The molecule has 0 spiro atoms. The number of anilines is 2. The Bertz CT molecular complexity index is 1090. The summed E-state index contributed by atoms with van der Waals surface area (Å²) in [6.07, 6.45) is 1.81. The Balaban J connectivity index is 1.80. The van der Waals surface area contributed by atoms with Gasteiger partial charge in [-0.05, 0) is 74.1 Å². The standard InChI is InChI=1S/C23H25N5OS/c1-14-13-19(15(2)27(14)4)22-21(20-7-5-6-12-24-20)26-23(30)28(22)18-10-8-17(9-11-18)25-16(3)29/h5-13,21-22H,1-4H3,(H,25,29)(H,26,30)/t21-,22-/m0/s1. The summed E-state index contributed by atoms with van der Waals surface area (Å²) in [7, 11) is 2.08. The van der Waals surface area contributed by atoms with E-state index in [1.807, 2.05) is 48.7 Å². The van der Waals surface area contributed by atoms with Crippen molar-refractivity contribution in [3.05, 3.63) is 77.4 Å². The van der Waals surface area contributed by atoms with Gasteiger partial charge in [-0.2, -0.15) is 0 Å². The maximum Gasteiger partial charge on any atom is 0.221 e. The van der Waals surface area contributed by atoms with E-state index in [-0.39, 0.29) is 18.0 Å². The van der Waals surface area contributed by atoms with Crippen LogP contribution in [0, 0.1) is 13.8 Å². The zero-order chi connectivity index (χ0) is 21.4. The molecule has 0 saturated carbocycles. The lowest BCUT2D eigenvalue weighted by Gasteiger charge is -2.28. The van der Waals surface area contributed by atoms with Gasteiger partial charge in [0.25, 0.3) is 0 Å². The molecule has 30 heavy (non-hydrogen) atoms. The van der Waals surface area contributed by atoms with Crippen molar-refractivity contribution in [3.63, 3.8) is 0 Å². The van der Waals surface area contributed by atoms with Crippen molar-refractivity contribution < 1.29 is 4.79 Å². The predicted octanol–water partition coefficient (Wildman–Crippen LogP) is 4.17. The summed E-state index contributed by atoms with van der Waals surface area (Å²) in [6.45, 7) is 5.75. The van der Waals surface area contributed by atoms with E-state index in [0.717, 1.165) is 17.1 Å². The fraction of sp³-hybridized carbons (Fsp3) is 0.261. The summed E-state index contributed by atoms with van der Waals surface area (Å²) in [5.41, 5.74) is 6.28. The van der Waals surface area contributed by atoms with Crippen molar-refractivity contribution in [1.29, 1.82) is 0 Å². The Morgan fingerprint density at radius 1 is 1.17 bits per heavy atom. The largest absolute Gasteiger partial charge is 0.352 e. The van der Waals surface area contributed by atoms with E-state index in [9.17, 15) is 4.79 Å². The number of benzene rings is 1. The van der Waals surface area contributed by atoms with Crippen LogP contribution in [-0.4, -0.2) is 20.6 Å². The van der Waals surface area contributed by atoms with Crippen LogP contribution in [-0.2, 0) is 11.8 Å². The number of aryl methyl sites for hydroxylation is 1. The van der Waals surface area contributed by atoms with Crippen LogP contribution in [0.25, 0.3) is 0 Å². The van der Waals surface area contributed by atoms with Crippen molar-refractivity contribution in [2.24, 2.45) is 7.05 Å². The highest BCUT2D eigenvalue weighted by Crippen LogP contribution is 2.43. The number of nitrogens with zero attached hydrogens (tertiary/aromatic N) is 3. The van der Waals surface area contributed by atoms with Gasteiger partial charge in [-0.15, -0.1) is 0 Å². The van der Waals surface area contributed by atoms with Gasteiger partial charge < -0.3 is 20.1 Å². The van der Waals surface area contributed by atoms with E-state index in [4.69, 9.17) is 12.2 Å². The maximum atomic E-state index is 11.4. The summed E-state index contributed by atoms with van der Waals surface area (Å²) >= 11 is 5.77. The molecule has 0 radical (unpaired) electrons. The molecule has 1 aromatic carbocycles. The van der Waals surface area contributed by atoms with Crippen molar-refractivity contribution in [1.82, 2.24) is 14.9 Å². The van der Waals surface area contributed by atoms with E-state index in [1.165, 1.54) is 23.9 Å². The van der Waals surface area contributed by atoms with Crippen LogP contribution in [0.2, 0.25) is 0 Å². The second-order valence-corrected chi connectivity index (χ2v) is 8.00. The first-order valence-corrected chi connectivity index (χ1v) is 10.3. The molecule has 3 aromatic rings. The minimum absolute atomic E-state index is 0.0427. The molecule has 1 aliphatic rings. The van der Waals surface area contributed by atoms with E-state index in [2.05, 4.69) is 52.0 Å². The Kier molecular flexibility index (Phi) is 5.30. The van der Waals surface area contributed by atoms with Gasteiger partial charge in [-0.1, -0.05) is 6.07 Å². The average molecular weight is 420 g/mol. The van der Waals surface area contributed by atoms with Gasteiger partial charge >= 0.3 is 0 Å². The Morgan fingerprint density at radius 3 is 2.47 bits per heavy atom. The van der Waals surface area contributed by atoms with Gasteiger partial charge in [-0.3, -0.25) is 9.78 Å². The fourth-order valence-corrected chi connectivity index (χ4v) is 4.39. The molecule has 3 heterocycles. The second-order valence-electron chi connectivity index (χ2n) is 7.61. The summed E-state index contributed by atoms with van der Waals surface area (Å²) in [4.78, 5) is 18.1. The monoisotopic (exact) mass is 419 g/mol. The van der Waals surface area contributed by atoms with Gasteiger partial charge in [0.15, 0.2) is 5.11 Å². The van der Waals surface area contributed by atoms with Crippen LogP contribution < -0.4 is 15.5 Å². The zero-order valence-electron chi connectivity index (χ0n) is 17.5. The number of hydrogen-bond acceptors (Lipinski definition) is 3. The molecule has 1 aliphatic heterocycles. The number of aromatic nitrogens is 2. The molecule has 0 aliphatic carbocycles. The average Bonchev–Trinajstić information content (AvgIpc) is 3.20. The van der Waals surface area contributed by atoms with Crippen molar-refractivity contribution in [2.75, 3.05) is 10.2 Å². The number of nitrogens with one attached hydrogen (secondary N) is 2. The number of amides is 1. The Labute approximate surface area is 181 Å². The third-order valence-electron chi connectivity index (χ3n) is 5.70. The molecule has 4 rings (SSSR count). The molecule has 0 bridgehead atoms. The molecule has 2 N–H and O–H groups in total. The number of carbonyl (C=O) groups is 1. The minimum atomic E-state index is -0.0930. The van der Waals surface area contributed by atoms with Crippen molar-refractivity contribution in [3.8, 4) is 0 Å². The quantitative estimate of drug-likeness (QED) is 0.622. The molecule has 6 nitrogen and oxygen atoms in total. The van der Waals surface area contributed by atoms with Gasteiger partial charge in [0.2, 0.25) is 5.91 Å². The molecule has 7 heteroatoms. The van der Waals surface area contributed by atoms with Gasteiger partial charge in [0.05, 0.1) is 17.8 Å². The number of thiocarbonyl (C=S) groups is 1. The molecule has 1 saturated heterocycles. The Hall–Kier alpha value is -3.19. The van der Waals surface area contributed by atoms with E-state index < -0.39 is 0 Å². The van der Waals surface area contributed by atoms with Crippen LogP contribution in [0.15, 0.2) is 54.7 Å². The molecule has 1 fully saturated rings. The lowest BCUT2D eigenvalue weighted by molar-refractivity contribution is -0.114. The van der Waals surface area contributed by atoms with Crippen LogP contribution in [0.4, 0.5) is 11.4 Å². The molecule has 2 atom stereocenters. The van der Waals surface area contributed by atoms with Crippen LogP contribution in [0.1, 0.15) is 41.7 Å². The van der Waals surface area contributed by atoms with Crippen molar-refractivity contribution >= 4 is 34.6 Å². The molecule has 0 unspecified atom stereocenters. The van der Waals surface area contributed by atoms with E-state index >= 15 is 0 Å². The highest BCUT2D eigenvalue weighted by atomic mass is 32.1. The topological polar surface area (TPSA) is 62.2 Å². The predicted molar refractivity (Wildman–Crippen MR) is 124 cm³/mol. The molecule has 2 aromatic heterocycles. The van der Waals surface area contributed by atoms with Crippen LogP contribution >= 0.6 is 12.2 Å². The lowest BCUT2D eigenvalue weighted by Crippen LogP contribution is -2.29. The highest BCUT2D eigenvalue weighted by Gasteiger charge is 2.42. The minimum Gasteiger partial charge on any atom is -0.352 e. The summed E-state index contributed by atoms with van der Waals surface area (Å²) < 4.78 is 2.20. The maximum absolute atomic E-state index is 11.4. The first-order valence-electron chi connectivity index (χ1n) is 9.88.